The smallest absolute Gasteiger partial charge is 0.229 e. The molecule has 21 heavy (non-hydrogen) atoms. The average Bonchev–Trinajstić information content (AvgIpc) is 2.42. The minimum absolute atomic E-state index is 0.294. The van der Waals surface area contributed by atoms with E-state index in [1.807, 2.05) is 19.0 Å². The van der Waals surface area contributed by atoms with Gasteiger partial charge in [0.25, 0.3) is 0 Å². The van der Waals surface area contributed by atoms with E-state index in [2.05, 4.69) is 30.1 Å². The van der Waals surface area contributed by atoms with E-state index in [-0.39, 0.29) is 0 Å². The van der Waals surface area contributed by atoms with Gasteiger partial charge in [0.2, 0.25) is 11.9 Å². The van der Waals surface area contributed by atoms with Crippen molar-refractivity contribution in [3.63, 3.8) is 0 Å². The fraction of sp³-hybridized carbons (Fsp3) is 0.769. The van der Waals surface area contributed by atoms with Crippen LogP contribution >= 0.6 is 0 Å². The van der Waals surface area contributed by atoms with Crippen LogP contribution in [0, 0.1) is 0 Å². The first-order valence-corrected chi connectivity index (χ1v) is 7.46. The lowest BCUT2D eigenvalue weighted by molar-refractivity contribution is 0.0208. The van der Waals surface area contributed by atoms with Gasteiger partial charge >= 0.3 is 0 Å². The maximum Gasteiger partial charge on any atom is 0.229 e. The van der Waals surface area contributed by atoms with Gasteiger partial charge in [-0.15, -0.1) is 0 Å². The Bertz CT molecular complexity index is 479. The number of piperazine rings is 1. The Labute approximate surface area is 125 Å². The second-order valence-electron chi connectivity index (χ2n) is 5.94. The van der Waals surface area contributed by atoms with E-state index in [1.54, 1.807) is 0 Å². The van der Waals surface area contributed by atoms with Gasteiger partial charge in [0.15, 0.2) is 0 Å². The van der Waals surface area contributed by atoms with Crippen molar-refractivity contribution in [2.24, 2.45) is 0 Å². The maximum absolute atomic E-state index is 5.75. The van der Waals surface area contributed by atoms with Gasteiger partial charge in [-0.05, 0) is 0 Å². The van der Waals surface area contributed by atoms with Crippen molar-refractivity contribution >= 4 is 11.9 Å². The first-order chi connectivity index (χ1) is 10.1. The number of nitrogens with two attached hydrogens (primary N) is 1. The summed E-state index contributed by atoms with van der Waals surface area (Å²) in [6.07, 6.45) is 0. The van der Waals surface area contributed by atoms with Crippen molar-refractivity contribution in [2.75, 3.05) is 64.0 Å². The molecule has 2 fully saturated rings. The summed E-state index contributed by atoms with van der Waals surface area (Å²) in [7, 11) is 3.81. The van der Waals surface area contributed by atoms with Crippen LogP contribution in [0.25, 0.3) is 0 Å². The molecule has 3 N–H and O–H groups in total. The van der Waals surface area contributed by atoms with E-state index in [9.17, 15) is 0 Å². The van der Waals surface area contributed by atoms with Crippen LogP contribution in [0.15, 0.2) is 0 Å². The number of hydrogen-bond donors (Lipinski definition) is 2. The van der Waals surface area contributed by atoms with Crippen molar-refractivity contribution in [1.29, 1.82) is 0 Å². The molecule has 0 aliphatic carbocycles. The number of nitrogens with one attached hydrogen (secondary N) is 1. The summed E-state index contributed by atoms with van der Waals surface area (Å²) in [6.45, 7) is 7.44. The van der Waals surface area contributed by atoms with E-state index >= 15 is 0 Å². The summed E-state index contributed by atoms with van der Waals surface area (Å²) in [5, 5.41) is 3.39. The summed E-state index contributed by atoms with van der Waals surface area (Å²) < 4.78 is 0. The molecule has 0 aromatic carbocycles. The molecule has 2 aliphatic heterocycles. The summed E-state index contributed by atoms with van der Waals surface area (Å²) in [5.41, 5.74) is 5.75. The molecule has 8 nitrogen and oxygen atoms in total. The number of rotatable bonds is 4. The third kappa shape index (κ3) is 3.39. The average molecular weight is 292 g/mol. The van der Waals surface area contributed by atoms with Gasteiger partial charge < -0.3 is 16.0 Å². The van der Waals surface area contributed by atoms with Gasteiger partial charge in [0, 0.05) is 59.4 Å². The Kier molecular flexibility index (Phi) is 4.18. The van der Waals surface area contributed by atoms with Crippen LogP contribution in [0.4, 0.5) is 11.9 Å². The lowest BCUT2D eigenvalue weighted by Crippen LogP contribution is -2.62. The minimum Gasteiger partial charge on any atom is -0.368 e. The van der Waals surface area contributed by atoms with E-state index in [4.69, 9.17) is 5.73 Å². The van der Waals surface area contributed by atoms with E-state index in [1.165, 1.54) is 0 Å². The van der Waals surface area contributed by atoms with Crippen LogP contribution in [-0.4, -0.2) is 84.2 Å². The van der Waals surface area contributed by atoms with Crippen molar-refractivity contribution in [3.8, 4) is 0 Å². The molecule has 0 saturated carbocycles. The molecule has 0 unspecified atom stereocenters. The monoisotopic (exact) mass is 292 g/mol. The highest BCUT2D eigenvalue weighted by atomic mass is 15.3. The van der Waals surface area contributed by atoms with Crippen molar-refractivity contribution < 1.29 is 0 Å². The lowest BCUT2D eigenvalue weighted by atomic mass is 10.1. The van der Waals surface area contributed by atoms with Gasteiger partial charge in [0.05, 0.1) is 6.54 Å². The van der Waals surface area contributed by atoms with Gasteiger partial charge in [-0.2, -0.15) is 15.0 Å². The molecule has 0 bridgehead atoms. The normalized spacial score (nSPS) is 21.2. The number of nitrogen functional groups attached to an aromatic ring is 1. The highest BCUT2D eigenvalue weighted by Crippen LogP contribution is 2.18. The topological polar surface area (TPSA) is 86.4 Å². The van der Waals surface area contributed by atoms with Gasteiger partial charge in [-0.1, -0.05) is 0 Å². The summed E-state index contributed by atoms with van der Waals surface area (Å²) in [5.74, 6) is 1.67. The molecular formula is C13H24N8. The predicted molar refractivity (Wildman–Crippen MR) is 82.1 cm³/mol. The summed E-state index contributed by atoms with van der Waals surface area (Å²) >= 11 is 0. The fourth-order valence-electron chi connectivity index (χ4n) is 2.85. The number of hydrogen-bond acceptors (Lipinski definition) is 8. The Hall–Kier alpha value is -1.51. The molecule has 0 spiro atoms. The van der Waals surface area contributed by atoms with Crippen LogP contribution in [0.3, 0.4) is 0 Å². The van der Waals surface area contributed by atoms with Crippen LogP contribution < -0.4 is 16.0 Å². The molecule has 0 radical (unpaired) electrons. The first-order valence-electron chi connectivity index (χ1n) is 7.46. The molecular weight excluding hydrogens is 268 g/mol. The predicted octanol–water partition coefficient (Wildman–Crippen LogP) is -1.39. The zero-order valence-corrected chi connectivity index (χ0v) is 12.8. The van der Waals surface area contributed by atoms with Gasteiger partial charge in [-0.25, -0.2) is 0 Å². The third-order valence-corrected chi connectivity index (χ3v) is 4.06. The highest BCUT2D eigenvalue weighted by Gasteiger charge is 2.32. The lowest BCUT2D eigenvalue weighted by Gasteiger charge is -2.46. The molecule has 3 rings (SSSR count). The molecule has 0 amide bonds. The van der Waals surface area contributed by atoms with Crippen molar-refractivity contribution in [3.05, 3.63) is 5.82 Å². The maximum atomic E-state index is 5.75. The number of anilines is 2. The molecule has 2 saturated heterocycles. The standard InChI is InChI=1S/C13H24N8/c1-19(2)13-17-11(16-12(14)18-13)9-20-7-10(8-20)21-5-3-15-4-6-21/h10,15H,3-9H2,1-2H3,(H2,14,16,17,18). The second kappa shape index (κ2) is 6.08. The van der Waals surface area contributed by atoms with Crippen LogP contribution in [0.2, 0.25) is 0 Å². The van der Waals surface area contributed by atoms with Gasteiger partial charge in [0.1, 0.15) is 5.82 Å². The molecule has 116 valence electrons. The molecule has 1 aromatic rings. The number of aromatic nitrogens is 3. The van der Waals surface area contributed by atoms with Crippen LogP contribution in [0.1, 0.15) is 5.82 Å². The summed E-state index contributed by atoms with van der Waals surface area (Å²) in [4.78, 5) is 19.6. The Morgan fingerprint density at radius 1 is 1.19 bits per heavy atom. The molecule has 1 aromatic heterocycles. The number of likely N-dealkylation sites (tertiary alicyclic amines) is 1. The zero-order chi connectivity index (χ0) is 14.8. The fourth-order valence-corrected chi connectivity index (χ4v) is 2.85. The minimum atomic E-state index is 0.294. The highest BCUT2D eigenvalue weighted by molar-refractivity contribution is 5.32. The first kappa shape index (κ1) is 14.4. The van der Waals surface area contributed by atoms with E-state index in [0.717, 1.165) is 51.6 Å². The van der Waals surface area contributed by atoms with Gasteiger partial charge in [-0.3, -0.25) is 9.80 Å². The van der Waals surface area contributed by atoms with E-state index in [0.29, 0.717) is 17.9 Å². The van der Waals surface area contributed by atoms with E-state index < -0.39 is 0 Å². The SMILES string of the molecule is CN(C)c1nc(N)nc(CN2CC(N3CCNCC3)C2)n1. The Balaban J connectivity index is 1.54. The molecule has 3 heterocycles. The Morgan fingerprint density at radius 2 is 1.90 bits per heavy atom. The van der Waals surface area contributed by atoms with Crippen LogP contribution in [-0.2, 0) is 6.54 Å². The molecule has 8 heteroatoms. The van der Waals surface area contributed by atoms with Crippen molar-refractivity contribution in [2.45, 2.75) is 12.6 Å². The van der Waals surface area contributed by atoms with Crippen molar-refractivity contribution in [1.82, 2.24) is 30.1 Å². The largest absolute Gasteiger partial charge is 0.368 e. The Morgan fingerprint density at radius 3 is 2.57 bits per heavy atom. The third-order valence-electron chi connectivity index (χ3n) is 4.06. The molecule has 0 atom stereocenters. The quantitative estimate of drug-likeness (QED) is 0.701. The second-order valence-corrected chi connectivity index (χ2v) is 5.94. The van der Waals surface area contributed by atoms with Crippen LogP contribution in [0.5, 0.6) is 0 Å². The summed E-state index contributed by atoms with van der Waals surface area (Å²) in [6, 6.07) is 0.680. The number of nitrogens with zero attached hydrogens (tertiary/aromatic N) is 6. The zero-order valence-electron chi connectivity index (χ0n) is 12.8. The molecule has 2 aliphatic rings.